The maximum atomic E-state index is 5.68. The lowest BCUT2D eigenvalue weighted by Crippen LogP contribution is -2.46. The lowest BCUT2D eigenvalue weighted by Gasteiger charge is -2.40. The van der Waals surface area contributed by atoms with Gasteiger partial charge in [0.15, 0.2) is 0 Å². The second-order valence-electron chi connectivity index (χ2n) is 6.19. The highest BCUT2D eigenvalue weighted by Gasteiger charge is 2.25. The standard InChI is InChI=1S/C16H26N4/c17-14-4-5-15(18-12-14)13-19-10-6-16(7-11-19)20-8-2-1-3-9-20/h4-5,12,16H,1-3,6-11,13,17H2. The quantitative estimate of drug-likeness (QED) is 0.917. The topological polar surface area (TPSA) is 45.4 Å². The third-order valence-corrected chi connectivity index (χ3v) is 4.70. The second kappa shape index (κ2) is 6.55. The fraction of sp³-hybridized carbons (Fsp3) is 0.688. The van der Waals surface area contributed by atoms with Crippen molar-refractivity contribution in [3.63, 3.8) is 0 Å². The van der Waals surface area contributed by atoms with Crippen LogP contribution in [0.3, 0.4) is 0 Å². The molecule has 20 heavy (non-hydrogen) atoms. The van der Waals surface area contributed by atoms with Crippen LogP contribution >= 0.6 is 0 Å². The summed E-state index contributed by atoms with van der Waals surface area (Å²) >= 11 is 0. The average molecular weight is 274 g/mol. The zero-order valence-electron chi connectivity index (χ0n) is 12.3. The summed E-state index contributed by atoms with van der Waals surface area (Å²) in [5, 5.41) is 0. The number of anilines is 1. The van der Waals surface area contributed by atoms with Crippen LogP contribution in [0.1, 0.15) is 37.8 Å². The molecule has 110 valence electrons. The van der Waals surface area contributed by atoms with E-state index in [2.05, 4.69) is 14.8 Å². The van der Waals surface area contributed by atoms with E-state index in [0.29, 0.717) is 0 Å². The van der Waals surface area contributed by atoms with E-state index < -0.39 is 0 Å². The van der Waals surface area contributed by atoms with Crippen LogP contribution in [-0.4, -0.2) is 47.0 Å². The first kappa shape index (κ1) is 13.8. The lowest BCUT2D eigenvalue weighted by atomic mass is 10.00. The molecule has 2 saturated heterocycles. The zero-order valence-corrected chi connectivity index (χ0v) is 12.3. The van der Waals surface area contributed by atoms with Crippen LogP contribution < -0.4 is 5.73 Å². The lowest BCUT2D eigenvalue weighted by molar-refractivity contribution is 0.0891. The maximum Gasteiger partial charge on any atom is 0.0545 e. The molecule has 0 atom stereocenters. The van der Waals surface area contributed by atoms with Crippen molar-refractivity contribution in [3.05, 3.63) is 24.0 Å². The summed E-state index contributed by atoms with van der Waals surface area (Å²) in [5.74, 6) is 0. The number of nitrogen functional groups attached to an aromatic ring is 1. The molecule has 2 aliphatic rings. The Kier molecular flexibility index (Phi) is 4.53. The highest BCUT2D eigenvalue weighted by Crippen LogP contribution is 2.21. The molecule has 4 nitrogen and oxygen atoms in total. The molecule has 0 bridgehead atoms. The number of likely N-dealkylation sites (tertiary alicyclic amines) is 2. The summed E-state index contributed by atoms with van der Waals surface area (Å²) < 4.78 is 0. The summed E-state index contributed by atoms with van der Waals surface area (Å²) in [7, 11) is 0. The zero-order chi connectivity index (χ0) is 13.8. The Bertz CT molecular complexity index is 403. The molecule has 2 aliphatic heterocycles. The van der Waals surface area contributed by atoms with Gasteiger partial charge >= 0.3 is 0 Å². The first-order valence-electron chi connectivity index (χ1n) is 7.98. The highest BCUT2D eigenvalue weighted by molar-refractivity contribution is 5.34. The molecule has 0 unspecified atom stereocenters. The molecule has 1 aromatic heterocycles. The van der Waals surface area contributed by atoms with Gasteiger partial charge in [0.1, 0.15) is 0 Å². The van der Waals surface area contributed by atoms with Crippen LogP contribution in [0.4, 0.5) is 5.69 Å². The molecule has 0 aromatic carbocycles. The van der Waals surface area contributed by atoms with E-state index in [9.17, 15) is 0 Å². The molecule has 4 heteroatoms. The minimum Gasteiger partial charge on any atom is -0.397 e. The predicted molar refractivity (Wildman–Crippen MR) is 82.4 cm³/mol. The SMILES string of the molecule is Nc1ccc(CN2CCC(N3CCCCC3)CC2)nc1. The van der Waals surface area contributed by atoms with Crippen molar-refractivity contribution < 1.29 is 0 Å². The van der Waals surface area contributed by atoms with E-state index >= 15 is 0 Å². The molecule has 2 fully saturated rings. The van der Waals surface area contributed by atoms with E-state index in [4.69, 9.17) is 5.73 Å². The smallest absolute Gasteiger partial charge is 0.0545 e. The number of pyridine rings is 1. The van der Waals surface area contributed by atoms with Crippen LogP contribution in [-0.2, 0) is 6.54 Å². The summed E-state index contributed by atoms with van der Waals surface area (Å²) in [4.78, 5) is 9.66. The third kappa shape index (κ3) is 3.49. The van der Waals surface area contributed by atoms with Crippen LogP contribution in [0.15, 0.2) is 18.3 Å². The molecule has 0 spiro atoms. The maximum absolute atomic E-state index is 5.68. The first-order chi connectivity index (χ1) is 9.81. The molecule has 2 N–H and O–H groups in total. The molecule has 0 aliphatic carbocycles. The number of nitrogens with two attached hydrogens (primary N) is 1. The summed E-state index contributed by atoms with van der Waals surface area (Å²) in [5.41, 5.74) is 7.56. The van der Waals surface area contributed by atoms with Gasteiger partial charge in [-0.15, -0.1) is 0 Å². The van der Waals surface area contributed by atoms with Crippen LogP contribution in [0.2, 0.25) is 0 Å². The Balaban J connectivity index is 1.47. The monoisotopic (exact) mass is 274 g/mol. The molecule has 0 radical (unpaired) electrons. The summed E-state index contributed by atoms with van der Waals surface area (Å²) in [6, 6.07) is 4.82. The number of piperidine rings is 2. The first-order valence-corrected chi connectivity index (χ1v) is 7.98. The van der Waals surface area contributed by atoms with Gasteiger partial charge in [-0.05, 0) is 50.9 Å². The predicted octanol–water partition coefficient (Wildman–Crippen LogP) is 2.11. The van der Waals surface area contributed by atoms with Crippen molar-refractivity contribution in [1.29, 1.82) is 0 Å². The van der Waals surface area contributed by atoms with Gasteiger partial charge in [-0.1, -0.05) is 6.42 Å². The molecule has 0 saturated carbocycles. The average Bonchev–Trinajstić information content (AvgIpc) is 2.51. The Morgan fingerprint density at radius 1 is 1.05 bits per heavy atom. The fourth-order valence-electron chi connectivity index (χ4n) is 3.48. The van der Waals surface area contributed by atoms with Crippen molar-refractivity contribution in [3.8, 4) is 0 Å². The number of hydrogen-bond donors (Lipinski definition) is 1. The van der Waals surface area contributed by atoms with Crippen molar-refractivity contribution in [2.24, 2.45) is 0 Å². The van der Waals surface area contributed by atoms with Crippen molar-refractivity contribution in [2.75, 3.05) is 31.9 Å². The summed E-state index contributed by atoms with van der Waals surface area (Å²) in [6.45, 7) is 6.02. The van der Waals surface area contributed by atoms with E-state index in [-0.39, 0.29) is 0 Å². The normalized spacial score (nSPS) is 23.0. The van der Waals surface area contributed by atoms with E-state index in [1.165, 1.54) is 58.3 Å². The highest BCUT2D eigenvalue weighted by atomic mass is 15.2. The molecular formula is C16H26N4. The Labute approximate surface area is 122 Å². The number of aromatic nitrogens is 1. The minimum absolute atomic E-state index is 0.748. The summed E-state index contributed by atoms with van der Waals surface area (Å²) in [6.07, 6.45) is 8.61. The number of nitrogens with zero attached hydrogens (tertiary/aromatic N) is 3. The van der Waals surface area contributed by atoms with Gasteiger partial charge in [0.2, 0.25) is 0 Å². The van der Waals surface area contributed by atoms with Gasteiger partial charge in [0.05, 0.1) is 17.6 Å². The van der Waals surface area contributed by atoms with Crippen molar-refractivity contribution >= 4 is 5.69 Å². The van der Waals surface area contributed by atoms with Gasteiger partial charge in [0.25, 0.3) is 0 Å². The van der Waals surface area contributed by atoms with E-state index in [0.717, 1.165) is 24.0 Å². The van der Waals surface area contributed by atoms with E-state index in [1.54, 1.807) is 6.20 Å². The molecule has 0 amide bonds. The van der Waals surface area contributed by atoms with Crippen LogP contribution in [0.5, 0.6) is 0 Å². The van der Waals surface area contributed by atoms with E-state index in [1.807, 2.05) is 12.1 Å². The molecule has 3 rings (SSSR count). The number of hydrogen-bond acceptors (Lipinski definition) is 4. The molecular weight excluding hydrogens is 248 g/mol. The Morgan fingerprint density at radius 3 is 2.45 bits per heavy atom. The van der Waals surface area contributed by atoms with Crippen molar-refractivity contribution in [2.45, 2.75) is 44.7 Å². The fourth-order valence-corrected chi connectivity index (χ4v) is 3.48. The Hall–Kier alpha value is -1.13. The Morgan fingerprint density at radius 2 is 1.80 bits per heavy atom. The minimum atomic E-state index is 0.748. The molecule has 3 heterocycles. The third-order valence-electron chi connectivity index (χ3n) is 4.70. The van der Waals surface area contributed by atoms with Gasteiger partial charge in [-0.25, -0.2) is 0 Å². The van der Waals surface area contributed by atoms with Gasteiger partial charge in [0, 0.05) is 25.7 Å². The van der Waals surface area contributed by atoms with Gasteiger partial charge in [-0.3, -0.25) is 9.88 Å². The number of rotatable bonds is 3. The van der Waals surface area contributed by atoms with Gasteiger partial charge in [-0.2, -0.15) is 0 Å². The van der Waals surface area contributed by atoms with Crippen molar-refractivity contribution in [1.82, 2.24) is 14.8 Å². The van der Waals surface area contributed by atoms with Crippen LogP contribution in [0.25, 0.3) is 0 Å². The molecule has 1 aromatic rings. The second-order valence-corrected chi connectivity index (χ2v) is 6.19. The van der Waals surface area contributed by atoms with Crippen LogP contribution in [0, 0.1) is 0 Å². The largest absolute Gasteiger partial charge is 0.397 e. The van der Waals surface area contributed by atoms with Gasteiger partial charge < -0.3 is 10.6 Å².